The number of nitrogens with one attached hydrogen (secondary N) is 2. The number of fused-ring (bicyclic) bond motifs is 4. The summed E-state index contributed by atoms with van der Waals surface area (Å²) in [5.41, 5.74) is 2.33. The number of carbonyl (C=O) groups is 1. The number of halogens is 4. The zero-order chi connectivity index (χ0) is 54.2. The van der Waals surface area contributed by atoms with E-state index in [4.69, 9.17) is 94.8 Å². The minimum absolute atomic E-state index is 0. The van der Waals surface area contributed by atoms with Gasteiger partial charge in [-0.2, -0.15) is 30.1 Å². The first-order valence-corrected chi connectivity index (χ1v) is 26.9. The monoisotopic (exact) mass is 1170 g/mol. The Bertz CT molecular complexity index is 3520. The molecule has 2 aromatic carbocycles. The number of benzene rings is 2. The van der Waals surface area contributed by atoms with Gasteiger partial charge < -0.3 is 43.1 Å². The van der Waals surface area contributed by atoms with Crippen LogP contribution in [-0.4, -0.2) is 189 Å². The van der Waals surface area contributed by atoms with Crippen LogP contribution < -0.4 is 28.7 Å². The van der Waals surface area contributed by atoms with Crippen LogP contribution in [-0.2, 0) is 14.3 Å². The fourth-order valence-corrected chi connectivity index (χ4v) is 11.1. The molecule has 0 aliphatic carbocycles. The lowest BCUT2D eigenvalue weighted by Crippen LogP contribution is -2.48. The van der Waals surface area contributed by atoms with Crippen LogP contribution in [0.25, 0.3) is 43.6 Å². The molecule has 80 heavy (non-hydrogen) atoms. The number of likely N-dealkylation sites (tertiary alicyclic amines) is 2. The molecule has 0 spiro atoms. The lowest BCUT2D eigenvalue weighted by atomic mass is 10.1. The summed E-state index contributed by atoms with van der Waals surface area (Å²) in [7, 11) is 7.41. The van der Waals surface area contributed by atoms with Crippen molar-refractivity contribution in [2.75, 3.05) is 104 Å². The number of pyridine rings is 2. The van der Waals surface area contributed by atoms with Crippen LogP contribution in [0.4, 0.5) is 11.6 Å². The molecule has 26 heteroatoms. The van der Waals surface area contributed by atoms with Gasteiger partial charge in [0.2, 0.25) is 17.7 Å². The summed E-state index contributed by atoms with van der Waals surface area (Å²) < 4.78 is 36.6. The third kappa shape index (κ3) is 11.8. The molecule has 1 amide bonds. The zero-order valence-corrected chi connectivity index (χ0v) is 46.1. The number of likely N-dealkylation sites (N-methyl/N-ethyl adjacent to an activating group) is 2. The highest BCUT2D eigenvalue weighted by molar-refractivity contribution is 6.44. The summed E-state index contributed by atoms with van der Waals surface area (Å²) in [6.45, 7) is 10.5. The van der Waals surface area contributed by atoms with Crippen molar-refractivity contribution in [2.24, 2.45) is 0 Å². The highest BCUT2D eigenvalue weighted by Gasteiger charge is 2.36. The third-order valence-electron chi connectivity index (χ3n) is 14.3. The van der Waals surface area contributed by atoms with Gasteiger partial charge in [-0.1, -0.05) is 67.8 Å². The van der Waals surface area contributed by atoms with E-state index in [0.717, 1.165) is 50.2 Å². The number of anilines is 2. The van der Waals surface area contributed by atoms with Crippen LogP contribution in [0, 0.1) is 0 Å². The summed E-state index contributed by atoms with van der Waals surface area (Å²) in [5.74, 6) is 2.50. The van der Waals surface area contributed by atoms with E-state index in [0.29, 0.717) is 105 Å². The number of piperidine rings is 1. The average Bonchev–Trinajstić information content (AvgIpc) is 4.30. The molecule has 4 saturated heterocycles. The number of H-pyrrole nitrogens is 2. The number of hydrogen-bond donors (Lipinski definition) is 2. The molecule has 0 unspecified atom stereocenters. The van der Waals surface area contributed by atoms with E-state index in [1.165, 1.54) is 12.5 Å². The van der Waals surface area contributed by atoms with Crippen LogP contribution in [0.15, 0.2) is 61.7 Å². The molecule has 4 aliphatic rings. The molecule has 10 heterocycles. The van der Waals surface area contributed by atoms with Crippen molar-refractivity contribution in [1.29, 1.82) is 0 Å². The first-order chi connectivity index (χ1) is 37.9. The van der Waals surface area contributed by atoms with Gasteiger partial charge in [0.1, 0.15) is 57.1 Å². The number of piperazine rings is 1. The standard InChI is InChI=1S/C27H28Cl2N8O4.C25H27Cl2N7O3.2CH4/c1-4-21(38)36-7-9-37(10-8-36)25-15-5-6-30-26(41-24-16-12-31-34-18(16)11-17(28)22(24)29)23(15)32-27(33-25)40-20-14-35(2)13-19(20)39-3;1-33-12-18(35-2)19(13-33)36-25-30-21-14(23(31-25)34-8-4-3-5-9-34)6-7-28-24(21)37-22-15-11-29-32-17(15)10-16(26)20(22)27;;/h4-6,11-12,19-20H,1,7-10,13-14H2,2-3H3,(H,31,34);6-7,10-11,18-19H,3-5,8-9,12-13H2,1-2H3,(H,29,32);2*1H4/t19-,20-;18-,19-;;/m11../s1. The molecular formula is C54H63Cl4N15O7. The van der Waals surface area contributed by atoms with Crippen molar-refractivity contribution < 1.29 is 33.2 Å². The van der Waals surface area contributed by atoms with E-state index in [9.17, 15) is 4.79 Å². The van der Waals surface area contributed by atoms with Crippen molar-refractivity contribution in [1.82, 2.24) is 65.0 Å². The molecule has 0 bridgehead atoms. The van der Waals surface area contributed by atoms with Gasteiger partial charge in [0.05, 0.1) is 55.0 Å². The lowest BCUT2D eigenvalue weighted by Gasteiger charge is -2.35. The van der Waals surface area contributed by atoms with Gasteiger partial charge in [-0.05, 0) is 63.7 Å². The quantitative estimate of drug-likeness (QED) is 0.103. The summed E-state index contributed by atoms with van der Waals surface area (Å²) in [5, 5.41) is 18.0. The number of carbonyl (C=O) groups excluding carboxylic acids is 1. The Balaban J connectivity index is 0.000000190. The molecule has 22 nitrogen and oxygen atoms in total. The minimum Gasteiger partial charge on any atom is -0.456 e. The second-order valence-electron chi connectivity index (χ2n) is 19.4. The predicted molar refractivity (Wildman–Crippen MR) is 311 cm³/mol. The lowest BCUT2D eigenvalue weighted by molar-refractivity contribution is -0.126. The molecule has 4 atom stereocenters. The van der Waals surface area contributed by atoms with Crippen LogP contribution >= 0.6 is 46.4 Å². The van der Waals surface area contributed by atoms with Crippen LogP contribution in [0.3, 0.4) is 0 Å². The molecule has 4 aliphatic heterocycles. The van der Waals surface area contributed by atoms with E-state index in [2.05, 4.69) is 56.5 Å². The number of aromatic nitrogens is 10. The molecule has 8 aromatic rings. The van der Waals surface area contributed by atoms with Gasteiger partial charge >= 0.3 is 12.0 Å². The van der Waals surface area contributed by atoms with Gasteiger partial charge in [0.25, 0.3) is 0 Å². The van der Waals surface area contributed by atoms with Gasteiger partial charge in [-0.15, -0.1) is 0 Å². The topological polar surface area (TPSA) is 223 Å². The summed E-state index contributed by atoms with van der Waals surface area (Å²) in [6.07, 6.45) is 10.6. The van der Waals surface area contributed by atoms with E-state index in [1.54, 1.807) is 56.0 Å². The maximum Gasteiger partial charge on any atom is 0.319 e. The smallest absolute Gasteiger partial charge is 0.319 e. The van der Waals surface area contributed by atoms with Crippen molar-refractivity contribution in [3.63, 3.8) is 0 Å². The Hall–Kier alpha value is -6.63. The molecule has 6 aromatic heterocycles. The molecule has 2 N–H and O–H groups in total. The normalized spacial score (nSPS) is 19.7. The van der Waals surface area contributed by atoms with Crippen molar-refractivity contribution in [3.05, 3.63) is 81.8 Å². The molecule has 0 saturated carbocycles. The Kier molecular flexibility index (Phi) is 18.2. The van der Waals surface area contributed by atoms with Crippen molar-refractivity contribution in [2.45, 2.75) is 58.5 Å². The summed E-state index contributed by atoms with van der Waals surface area (Å²) >= 11 is 25.9. The third-order valence-corrected chi connectivity index (χ3v) is 15.8. The van der Waals surface area contributed by atoms with Crippen LogP contribution in [0.5, 0.6) is 35.3 Å². The second kappa shape index (κ2) is 25.0. The molecule has 0 radical (unpaired) electrons. The van der Waals surface area contributed by atoms with Gasteiger partial charge in [-0.3, -0.25) is 24.8 Å². The first-order valence-electron chi connectivity index (χ1n) is 25.4. The molecule has 424 valence electrons. The number of ether oxygens (including phenoxy) is 6. The Morgan fingerprint density at radius 1 is 0.613 bits per heavy atom. The largest absolute Gasteiger partial charge is 0.456 e. The van der Waals surface area contributed by atoms with Gasteiger partial charge in [-0.25, -0.2) is 9.97 Å². The second-order valence-corrected chi connectivity index (χ2v) is 21.0. The van der Waals surface area contributed by atoms with E-state index in [-0.39, 0.29) is 79.0 Å². The Morgan fingerprint density at radius 3 is 1.49 bits per heavy atom. The maximum absolute atomic E-state index is 12.2. The molecule has 4 fully saturated rings. The number of methoxy groups -OCH3 is 2. The zero-order valence-electron chi connectivity index (χ0n) is 43.1. The number of hydrogen-bond acceptors (Lipinski definition) is 19. The highest BCUT2D eigenvalue weighted by Crippen LogP contribution is 2.44. The fourth-order valence-electron chi connectivity index (χ4n) is 10.3. The first kappa shape index (κ1) is 58.0. The SMILES string of the molecule is C.C.C=CC(=O)N1CCN(c2nc(O[C@@H]3CN(C)C[C@H]3OC)nc3c(Oc4c(Cl)c(Cl)cc5[nH]ncc45)nccc23)CC1.CO[C@@H]1CN(C)C[C@H]1Oc1nc(N2CCCCC2)c2ccnc(Oc3c(Cl)c(Cl)cc4[nH]ncc34)c2n1. The summed E-state index contributed by atoms with van der Waals surface area (Å²) in [6, 6.07) is 7.56. The van der Waals surface area contributed by atoms with Crippen molar-refractivity contribution in [3.8, 4) is 35.3 Å². The van der Waals surface area contributed by atoms with E-state index in [1.807, 2.05) is 26.2 Å². The highest BCUT2D eigenvalue weighted by atomic mass is 35.5. The number of nitrogens with zero attached hydrogens (tertiary/aromatic N) is 13. The van der Waals surface area contributed by atoms with Crippen LogP contribution in [0.2, 0.25) is 20.1 Å². The van der Waals surface area contributed by atoms with E-state index < -0.39 is 0 Å². The Labute approximate surface area is 482 Å². The molecule has 12 rings (SSSR count). The summed E-state index contributed by atoms with van der Waals surface area (Å²) in [4.78, 5) is 50.9. The van der Waals surface area contributed by atoms with Gasteiger partial charge in [0, 0.05) is 92.1 Å². The number of rotatable bonds is 13. The van der Waals surface area contributed by atoms with E-state index >= 15 is 0 Å². The van der Waals surface area contributed by atoms with Gasteiger partial charge in [0.15, 0.2) is 11.5 Å². The fraction of sp³-hybridized carbons (Fsp3) is 0.426. The Morgan fingerprint density at radius 2 is 1.05 bits per heavy atom. The minimum atomic E-state index is -0.272. The predicted octanol–water partition coefficient (Wildman–Crippen LogP) is 9.51. The van der Waals surface area contributed by atoms with Crippen molar-refractivity contribution >= 4 is 108 Å². The number of amides is 1. The van der Waals surface area contributed by atoms with Crippen LogP contribution in [0.1, 0.15) is 34.1 Å². The number of aromatic amines is 2. The average molecular weight is 1180 g/mol. The maximum atomic E-state index is 12.2. The molecular weight excluding hydrogens is 1110 g/mol.